The van der Waals surface area contributed by atoms with E-state index in [2.05, 4.69) is 4.98 Å². The van der Waals surface area contributed by atoms with E-state index in [1.807, 2.05) is 26.8 Å². The number of Topliss-reactive ketones (excluding diaryl/α,β-unsaturated/α-hetero) is 2. The predicted octanol–water partition coefficient (Wildman–Crippen LogP) is 2.97. The zero-order valence-electron chi connectivity index (χ0n) is 10.7. The molecule has 0 aromatic carbocycles. The number of ketones is 2. The summed E-state index contributed by atoms with van der Waals surface area (Å²) >= 11 is 0. The van der Waals surface area contributed by atoms with Crippen molar-refractivity contribution >= 4 is 11.6 Å². The van der Waals surface area contributed by atoms with E-state index >= 15 is 0 Å². The third-order valence-corrected chi connectivity index (χ3v) is 2.96. The maximum atomic E-state index is 12.0. The van der Waals surface area contributed by atoms with E-state index in [9.17, 15) is 9.59 Å². The molecule has 1 unspecified atom stereocenters. The molecule has 3 nitrogen and oxygen atoms in total. The van der Waals surface area contributed by atoms with Crippen molar-refractivity contribution in [3.8, 4) is 0 Å². The highest BCUT2D eigenvalue weighted by Gasteiger charge is 2.19. The summed E-state index contributed by atoms with van der Waals surface area (Å²) in [5, 5.41) is 0. The SMILES string of the molecule is CCC(=O)C(CC)CC(=O)c1ccc(C)nc1. The second-order valence-electron chi connectivity index (χ2n) is 4.24. The zero-order valence-corrected chi connectivity index (χ0v) is 10.7. The number of hydrogen-bond acceptors (Lipinski definition) is 3. The first kappa shape index (κ1) is 13.6. The molecule has 92 valence electrons. The molecule has 1 atom stereocenters. The molecule has 0 aliphatic heterocycles. The van der Waals surface area contributed by atoms with Gasteiger partial charge in [0.15, 0.2) is 5.78 Å². The van der Waals surface area contributed by atoms with Gasteiger partial charge in [-0.25, -0.2) is 0 Å². The van der Waals surface area contributed by atoms with Crippen LogP contribution in [0.15, 0.2) is 18.3 Å². The summed E-state index contributed by atoms with van der Waals surface area (Å²) in [5.41, 5.74) is 1.48. The molecule has 1 rings (SSSR count). The summed E-state index contributed by atoms with van der Waals surface area (Å²) in [6, 6.07) is 3.59. The van der Waals surface area contributed by atoms with Crippen molar-refractivity contribution in [3.63, 3.8) is 0 Å². The van der Waals surface area contributed by atoms with Crippen molar-refractivity contribution in [1.82, 2.24) is 4.98 Å². The molecule has 0 amide bonds. The standard InChI is InChI=1S/C14H19NO2/c1-4-11(13(16)5-2)8-14(17)12-7-6-10(3)15-9-12/h6-7,9,11H,4-5,8H2,1-3H3. The van der Waals surface area contributed by atoms with Crippen molar-refractivity contribution < 1.29 is 9.59 Å². The van der Waals surface area contributed by atoms with E-state index < -0.39 is 0 Å². The molecule has 0 spiro atoms. The number of nitrogens with zero attached hydrogens (tertiary/aromatic N) is 1. The molecule has 1 aromatic rings. The van der Waals surface area contributed by atoms with Gasteiger partial charge in [0, 0.05) is 36.2 Å². The van der Waals surface area contributed by atoms with Gasteiger partial charge in [-0.3, -0.25) is 14.6 Å². The maximum absolute atomic E-state index is 12.0. The summed E-state index contributed by atoms with van der Waals surface area (Å²) < 4.78 is 0. The summed E-state index contributed by atoms with van der Waals surface area (Å²) in [6.07, 6.45) is 3.10. The molecule has 0 aliphatic rings. The Morgan fingerprint density at radius 2 is 2.00 bits per heavy atom. The minimum atomic E-state index is -0.145. The summed E-state index contributed by atoms with van der Waals surface area (Å²) in [7, 11) is 0. The van der Waals surface area contributed by atoms with Gasteiger partial charge in [-0.1, -0.05) is 13.8 Å². The Labute approximate surface area is 102 Å². The van der Waals surface area contributed by atoms with Crippen molar-refractivity contribution in [2.45, 2.75) is 40.0 Å². The lowest BCUT2D eigenvalue weighted by Gasteiger charge is -2.11. The van der Waals surface area contributed by atoms with Crippen molar-refractivity contribution in [1.29, 1.82) is 0 Å². The largest absolute Gasteiger partial charge is 0.299 e. The van der Waals surface area contributed by atoms with Crippen LogP contribution in [-0.4, -0.2) is 16.6 Å². The first-order valence-corrected chi connectivity index (χ1v) is 6.07. The highest BCUT2D eigenvalue weighted by molar-refractivity contribution is 5.98. The van der Waals surface area contributed by atoms with Gasteiger partial charge in [0.2, 0.25) is 0 Å². The Balaban J connectivity index is 2.71. The van der Waals surface area contributed by atoms with Gasteiger partial charge in [0.05, 0.1) is 0 Å². The summed E-state index contributed by atoms with van der Waals surface area (Å²) in [4.78, 5) is 27.6. The zero-order chi connectivity index (χ0) is 12.8. The molecule has 0 saturated heterocycles. The fourth-order valence-corrected chi connectivity index (χ4v) is 1.75. The quantitative estimate of drug-likeness (QED) is 0.710. The molecule has 0 bridgehead atoms. The molecule has 0 aliphatic carbocycles. The van der Waals surface area contributed by atoms with Gasteiger partial charge < -0.3 is 0 Å². The summed E-state index contributed by atoms with van der Waals surface area (Å²) in [5.74, 6) is 0.0286. The average molecular weight is 233 g/mol. The lowest BCUT2D eigenvalue weighted by Crippen LogP contribution is -2.17. The Hall–Kier alpha value is -1.51. The number of aryl methyl sites for hydroxylation is 1. The first-order chi connectivity index (χ1) is 8.08. The minimum absolute atomic E-state index is 0.00569. The molecule has 0 fully saturated rings. The Bertz CT molecular complexity index is 395. The van der Waals surface area contributed by atoms with Crippen LogP contribution in [0.5, 0.6) is 0 Å². The van der Waals surface area contributed by atoms with E-state index in [0.717, 1.165) is 12.1 Å². The van der Waals surface area contributed by atoms with Crippen LogP contribution in [0.2, 0.25) is 0 Å². The summed E-state index contributed by atoms with van der Waals surface area (Å²) in [6.45, 7) is 5.66. The van der Waals surface area contributed by atoms with E-state index in [0.29, 0.717) is 18.4 Å². The average Bonchev–Trinajstić information content (AvgIpc) is 2.35. The fraction of sp³-hybridized carbons (Fsp3) is 0.500. The highest BCUT2D eigenvalue weighted by Crippen LogP contribution is 2.15. The third-order valence-electron chi connectivity index (χ3n) is 2.96. The van der Waals surface area contributed by atoms with Crippen LogP contribution in [0.3, 0.4) is 0 Å². The lowest BCUT2D eigenvalue weighted by molar-refractivity contribution is -0.122. The van der Waals surface area contributed by atoms with Gasteiger partial charge in [0.1, 0.15) is 5.78 Å². The van der Waals surface area contributed by atoms with Gasteiger partial charge in [-0.15, -0.1) is 0 Å². The fourth-order valence-electron chi connectivity index (χ4n) is 1.75. The van der Waals surface area contributed by atoms with Crippen molar-refractivity contribution in [2.75, 3.05) is 0 Å². The Morgan fingerprint density at radius 1 is 1.29 bits per heavy atom. The Kier molecular flexibility index (Phi) is 5.01. The molecule has 3 heteroatoms. The molecule has 1 heterocycles. The number of carbonyl (C=O) groups excluding carboxylic acids is 2. The second-order valence-corrected chi connectivity index (χ2v) is 4.24. The van der Waals surface area contributed by atoms with Crippen LogP contribution in [0, 0.1) is 12.8 Å². The monoisotopic (exact) mass is 233 g/mol. The number of carbonyl (C=O) groups is 2. The molecular weight excluding hydrogens is 214 g/mol. The molecule has 17 heavy (non-hydrogen) atoms. The molecule has 0 saturated carbocycles. The minimum Gasteiger partial charge on any atom is -0.299 e. The molecule has 0 radical (unpaired) electrons. The Morgan fingerprint density at radius 3 is 2.47 bits per heavy atom. The van der Waals surface area contributed by atoms with Gasteiger partial charge in [-0.05, 0) is 25.5 Å². The number of rotatable bonds is 6. The van der Waals surface area contributed by atoms with Crippen LogP contribution < -0.4 is 0 Å². The van der Waals surface area contributed by atoms with Gasteiger partial charge >= 0.3 is 0 Å². The highest BCUT2D eigenvalue weighted by atomic mass is 16.1. The predicted molar refractivity (Wildman–Crippen MR) is 67.0 cm³/mol. The molecule has 0 N–H and O–H groups in total. The smallest absolute Gasteiger partial charge is 0.165 e. The second kappa shape index (κ2) is 6.28. The normalized spacial score (nSPS) is 12.2. The van der Waals surface area contributed by atoms with Crippen molar-refractivity contribution in [2.24, 2.45) is 5.92 Å². The van der Waals surface area contributed by atoms with Crippen LogP contribution in [0.4, 0.5) is 0 Å². The van der Waals surface area contributed by atoms with Gasteiger partial charge in [-0.2, -0.15) is 0 Å². The molecular formula is C14H19NO2. The van der Waals surface area contributed by atoms with E-state index in [1.165, 1.54) is 0 Å². The van der Waals surface area contributed by atoms with Crippen LogP contribution in [-0.2, 0) is 4.79 Å². The van der Waals surface area contributed by atoms with E-state index in [-0.39, 0.29) is 17.5 Å². The van der Waals surface area contributed by atoms with Crippen LogP contribution >= 0.6 is 0 Å². The number of aromatic nitrogens is 1. The van der Waals surface area contributed by atoms with E-state index in [4.69, 9.17) is 0 Å². The maximum Gasteiger partial charge on any atom is 0.165 e. The van der Waals surface area contributed by atoms with Crippen LogP contribution in [0.1, 0.15) is 49.2 Å². The topological polar surface area (TPSA) is 47.0 Å². The van der Waals surface area contributed by atoms with Gasteiger partial charge in [0.25, 0.3) is 0 Å². The van der Waals surface area contributed by atoms with Crippen LogP contribution in [0.25, 0.3) is 0 Å². The number of pyridine rings is 1. The van der Waals surface area contributed by atoms with E-state index in [1.54, 1.807) is 12.3 Å². The first-order valence-electron chi connectivity index (χ1n) is 6.07. The lowest BCUT2D eigenvalue weighted by atomic mass is 9.91. The molecule has 1 aromatic heterocycles. The third kappa shape index (κ3) is 3.77. The number of hydrogen-bond donors (Lipinski definition) is 0. The van der Waals surface area contributed by atoms with Crippen molar-refractivity contribution in [3.05, 3.63) is 29.6 Å².